The van der Waals surface area contributed by atoms with Gasteiger partial charge in [0.15, 0.2) is 0 Å². The van der Waals surface area contributed by atoms with Crippen molar-refractivity contribution in [1.29, 1.82) is 0 Å². The van der Waals surface area contributed by atoms with E-state index in [-0.39, 0.29) is 0 Å². The zero-order valence-corrected chi connectivity index (χ0v) is 12.4. The first-order valence-corrected chi connectivity index (χ1v) is 7.02. The maximum Gasteiger partial charge on any atom is 0.137 e. The number of ether oxygens (including phenoxy) is 1. The van der Waals surface area contributed by atoms with Gasteiger partial charge in [0.05, 0.1) is 6.10 Å². The summed E-state index contributed by atoms with van der Waals surface area (Å²) in [4.78, 5) is 11.4. The van der Waals surface area contributed by atoms with Crippen molar-refractivity contribution in [3.63, 3.8) is 0 Å². The zero-order chi connectivity index (χ0) is 13.8. The fraction of sp³-hybridized carbons (Fsp3) is 0.714. The molecule has 1 N–H and O–H groups in total. The Kier molecular flexibility index (Phi) is 4.58. The highest BCUT2D eigenvalue weighted by molar-refractivity contribution is 5.59. The van der Waals surface area contributed by atoms with Gasteiger partial charge >= 0.3 is 0 Å². The van der Waals surface area contributed by atoms with Gasteiger partial charge in [0.1, 0.15) is 17.5 Å². The molecule has 0 amide bonds. The molecular weight excluding hydrogens is 240 g/mol. The molecule has 1 aromatic rings. The third-order valence-electron chi connectivity index (χ3n) is 3.55. The summed E-state index contributed by atoms with van der Waals surface area (Å²) in [6, 6.07) is 0. The average Bonchev–Trinajstić information content (AvgIpc) is 2.88. The van der Waals surface area contributed by atoms with Crippen molar-refractivity contribution in [2.24, 2.45) is 0 Å². The van der Waals surface area contributed by atoms with Crippen LogP contribution in [0.3, 0.4) is 0 Å². The van der Waals surface area contributed by atoms with E-state index in [9.17, 15) is 0 Å². The third-order valence-corrected chi connectivity index (χ3v) is 3.55. The van der Waals surface area contributed by atoms with Crippen molar-refractivity contribution in [1.82, 2.24) is 9.97 Å². The van der Waals surface area contributed by atoms with E-state index in [4.69, 9.17) is 4.74 Å². The number of hydrogen-bond acceptors (Lipinski definition) is 5. The maximum atomic E-state index is 5.43. The lowest BCUT2D eigenvalue weighted by Crippen LogP contribution is -2.25. The molecule has 1 fully saturated rings. The summed E-state index contributed by atoms with van der Waals surface area (Å²) in [6.07, 6.45) is 2.48. The van der Waals surface area contributed by atoms with Gasteiger partial charge in [0.2, 0.25) is 0 Å². The SMILES string of the molecule is CCCNc1nc(C)nc(N2CCC(OC)C2)c1C. The highest BCUT2D eigenvalue weighted by Crippen LogP contribution is 2.27. The number of anilines is 2. The number of nitrogens with one attached hydrogen (secondary N) is 1. The number of aryl methyl sites for hydroxylation is 1. The lowest BCUT2D eigenvalue weighted by Gasteiger charge is -2.21. The molecule has 2 heterocycles. The van der Waals surface area contributed by atoms with Crippen LogP contribution in [-0.4, -0.2) is 42.8 Å². The number of methoxy groups -OCH3 is 1. The molecule has 106 valence electrons. The average molecular weight is 264 g/mol. The molecule has 2 rings (SSSR count). The van der Waals surface area contributed by atoms with Crippen LogP contribution in [0.5, 0.6) is 0 Å². The highest BCUT2D eigenvalue weighted by Gasteiger charge is 2.25. The summed E-state index contributed by atoms with van der Waals surface area (Å²) in [5.41, 5.74) is 1.14. The highest BCUT2D eigenvalue weighted by atomic mass is 16.5. The Morgan fingerprint density at radius 1 is 1.37 bits per heavy atom. The monoisotopic (exact) mass is 264 g/mol. The van der Waals surface area contributed by atoms with Gasteiger partial charge in [-0.3, -0.25) is 0 Å². The molecule has 0 aliphatic carbocycles. The van der Waals surface area contributed by atoms with E-state index >= 15 is 0 Å². The van der Waals surface area contributed by atoms with E-state index in [1.54, 1.807) is 7.11 Å². The summed E-state index contributed by atoms with van der Waals surface area (Å²) in [7, 11) is 1.78. The largest absolute Gasteiger partial charge is 0.380 e. The summed E-state index contributed by atoms with van der Waals surface area (Å²) >= 11 is 0. The molecule has 0 aromatic carbocycles. The molecule has 5 nitrogen and oxygen atoms in total. The van der Waals surface area contributed by atoms with Crippen molar-refractivity contribution in [3.05, 3.63) is 11.4 Å². The van der Waals surface area contributed by atoms with Gasteiger partial charge in [-0.05, 0) is 26.7 Å². The molecule has 1 saturated heterocycles. The lowest BCUT2D eigenvalue weighted by atomic mass is 10.2. The van der Waals surface area contributed by atoms with Gasteiger partial charge in [0, 0.05) is 32.3 Å². The predicted octanol–water partition coefficient (Wildman–Crippen LogP) is 2.14. The Morgan fingerprint density at radius 3 is 2.79 bits per heavy atom. The third kappa shape index (κ3) is 3.15. The standard InChI is InChI=1S/C14H24N4O/c1-5-7-15-13-10(2)14(17-11(3)16-13)18-8-6-12(9-18)19-4/h12H,5-9H2,1-4H3,(H,15,16,17). The van der Waals surface area contributed by atoms with Crippen LogP contribution >= 0.6 is 0 Å². The van der Waals surface area contributed by atoms with Crippen molar-refractivity contribution in [3.8, 4) is 0 Å². The number of aromatic nitrogens is 2. The molecule has 1 unspecified atom stereocenters. The van der Waals surface area contributed by atoms with Crippen LogP contribution in [0.4, 0.5) is 11.6 Å². The molecule has 0 bridgehead atoms. The molecule has 1 aliphatic heterocycles. The van der Waals surface area contributed by atoms with Crippen molar-refractivity contribution >= 4 is 11.6 Å². The van der Waals surface area contributed by atoms with Crippen LogP contribution in [0.1, 0.15) is 31.2 Å². The first kappa shape index (κ1) is 14.1. The smallest absolute Gasteiger partial charge is 0.137 e. The van der Waals surface area contributed by atoms with E-state index in [0.29, 0.717) is 6.10 Å². The number of hydrogen-bond donors (Lipinski definition) is 1. The van der Waals surface area contributed by atoms with Crippen LogP contribution in [-0.2, 0) is 4.74 Å². The van der Waals surface area contributed by atoms with Gasteiger partial charge in [0.25, 0.3) is 0 Å². The minimum absolute atomic E-state index is 0.321. The Morgan fingerprint density at radius 2 is 2.16 bits per heavy atom. The van der Waals surface area contributed by atoms with Gasteiger partial charge < -0.3 is 15.0 Å². The van der Waals surface area contributed by atoms with Crippen LogP contribution in [0.25, 0.3) is 0 Å². The molecular formula is C14H24N4O. The summed E-state index contributed by atoms with van der Waals surface area (Å²) < 4.78 is 5.43. The summed E-state index contributed by atoms with van der Waals surface area (Å²) in [5.74, 6) is 2.83. The van der Waals surface area contributed by atoms with E-state index in [1.165, 1.54) is 0 Å². The number of rotatable bonds is 5. The predicted molar refractivity (Wildman–Crippen MR) is 77.9 cm³/mol. The van der Waals surface area contributed by atoms with E-state index in [1.807, 2.05) is 6.92 Å². The Hall–Kier alpha value is -1.36. The van der Waals surface area contributed by atoms with Crippen LogP contribution in [0.15, 0.2) is 0 Å². The van der Waals surface area contributed by atoms with Gasteiger partial charge in [-0.1, -0.05) is 6.92 Å². The summed E-state index contributed by atoms with van der Waals surface area (Å²) in [6.45, 7) is 9.05. The molecule has 5 heteroatoms. The Balaban J connectivity index is 2.22. The fourth-order valence-corrected chi connectivity index (χ4v) is 2.45. The first-order chi connectivity index (χ1) is 9.15. The second kappa shape index (κ2) is 6.19. The number of nitrogens with zero attached hydrogens (tertiary/aromatic N) is 3. The maximum absolute atomic E-state index is 5.43. The molecule has 0 radical (unpaired) electrons. The zero-order valence-electron chi connectivity index (χ0n) is 12.4. The fourth-order valence-electron chi connectivity index (χ4n) is 2.45. The van der Waals surface area contributed by atoms with Gasteiger partial charge in [-0.15, -0.1) is 0 Å². The second-order valence-corrected chi connectivity index (χ2v) is 5.09. The molecule has 1 atom stereocenters. The Labute approximate surface area is 115 Å². The molecule has 19 heavy (non-hydrogen) atoms. The van der Waals surface area contributed by atoms with E-state index < -0.39 is 0 Å². The van der Waals surface area contributed by atoms with Crippen LogP contribution in [0.2, 0.25) is 0 Å². The van der Waals surface area contributed by atoms with Crippen molar-refractivity contribution < 1.29 is 4.74 Å². The topological polar surface area (TPSA) is 50.3 Å². The van der Waals surface area contributed by atoms with Gasteiger partial charge in [-0.2, -0.15) is 0 Å². The van der Waals surface area contributed by atoms with Crippen LogP contribution in [0, 0.1) is 13.8 Å². The lowest BCUT2D eigenvalue weighted by molar-refractivity contribution is 0.121. The van der Waals surface area contributed by atoms with Crippen LogP contribution < -0.4 is 10.2 Å². The minimum Gasteiger partial charge on any atom is -0.380 e. The van der Waals surface area contributed by atoms with Gasteiger partial charge in [-0.25, -0.2) is 9.97 Å². The molecule has 1 aromatic heterocycles. The molecule has 1 aliphatic rings. The van der Waals surface area contributed by atoms with E-state index in [0.717, 1.165) is 55.5 Å². The second-order valence-electron chi connectivity index (χ2n) is 5.09. The van der Waals surface area contributed by atoms with E-state index in [2.05, 4.69) is 34.0 Å². The van der Waals surface area contributed by atoms with Crippen molar-refractivity contribution in [2.45, 2.75) is 39.7 Å². The van der Waals surface area contributed by atoms with Crippen molar-refractivity contribution in [2.75, 3.05) is 37.0 Å². The molecule has 0 spiro atoms. The Bertz CT molecular complexity index is 436. The normalized spacial score (nSPS) is 18.9. The minimum atomic E-state index is 0.321. The molecule has 0 saturated carbocycles. The first-order valence-electron chi connectivity index (χ1n) is 7.02. The summed E-state index contributed by atoms with van der Waals surface area (Å²) in [5, 5.41) is 3.38. The quantitative estimate of drug-likeness (QED) is 0.883.